The van der Waals surface area contributed by atoms with Gasteiger partial charge in [-0.15, -0.1) is 0 Å². The van der Waals surface area contributed by atoms with E-state index in [-0.39, 0.29) is 5.91 Å². The molecule has 0 aliphatic carbocycles. The maximum atomic E-state index is 12.2. The van der Waals surface area contributed by atoms with Crippen LogP contribution < -0.4 is 10.6 Å². The average Bonchev–Trinajstić information content (AvgIpc) is 2.63. The first-order chi connectivity index (χ1) is 12.9. The average molecular weight is 370 g/mol. The second kappa shape index (κ2) is 9.49. The normalized spacial score (nSPS) is 11.4. The van der Waals surface area contributed by atoms with E-state index in [9.17, 15) is 14.4 Å². The Morgan fingerprint density at radius 1 is 0.926 bits per heavy atom. The molecule has 7 heteroatoms. The zero-order valence-electron chi connectivity index (χ0n) is 15.4. The summed E-state index contributed by atoms with van der Waals surface area (Å²) in [5, 5.41) is 5.29. The highest BCUT2D eigenvalue weighted by Crippen LogP contribution is 2.14. The fourth-order valence-corrected chi connectivity index (χ4v) is 2.27. The van der Waals surface area contributed by atoms with Crippen molar-refractivity contribution in [2.24, 2.45) is 0 Å². The lowest BCUT2D eigenvalue weighted by atomic mass is 10.1. The largest absolute Gasteiger partial charge is 0.449 e. The summed E-state index contributed by atoms with van der Waals surface area (Å²) < 4.78 is 10.2. The lowest BCUT2D eigenvalue weighted by Gasteiger charge is -2.14. The van der Waals surface area contributed by atoms with E-state index < -0.39 is 18.0 Å². The molecule has 0 spiro atoms. The predicted octanol–water partition coefficient (Wildman–Crippen LogP) is 2.98. The number of hydrogen-bond donors (Lipinski definition) is 2. The predicted molar refractivity (Wildman–Crippen MR) is 101 cm³/mol. The van der Waals surface area contributed by atoms with E-state index in [4.69, 9.17) is 9.47 Å². The second-order valence-electron chi connectivity index (χ2n) is 5.93. The summed E-state index contributed by atoms with van der Waals surface area (Å²) in [6, 6.07) is 13.4. The molecule has 0 heterocycles. The molecule has 0 bridgehead atoms. The summed E-state index contributed by atoms with van der Waals surface area (Å²) >= 11 is 0. The second-order valence-corrected chi connectivity index (χ2v) is 5.93. The third-order valence-corrected chi connectivity index (χ3v) is 3.63. The van der Waals surface area contributed by atoms with Gasteiger partial charge in [0.05, 0.1) is 12.2 Å². The van der Waals surface area contributed by atoms with Gasteiger partial charge in [-0.2, -0.15) is 0 Å². The molecule has 2 aromatic carbocycles. The Kier molecular flexibility index (Phi) is 7.08. The van der Waals surface area contributed by atoms with Gasteiger partial charge in [-0.25, -0.2) is 4.79 Å². The minimum Gasteiger partial charge on any atom is -0.449 e. The minimum atomic E-state index is -0.967. The Hall–Kier alpha value is -3.19. The van der Waals surface area contributed by atoms with E-state index in [1.165, 1.54) is 13.8 Å². The van der Waals surface area contributed by atoms with Crippen molar-refractivity contribution in [1.29, 1.82) is 0 Å². The Morgan fingerprint density at radius 3 is 2.00 bits per heavy atom. The van der Waals surface area contributed by atoms with E-state index in [1.54, 1.807) is 55.6 Å². The molecule has 1 atom stereocenters. The number of methoxy groups -OCH3 is 1. The molecule has 0 aliphatic rings. The van der Waals surface area contributed by atoms with Gasteiger partial charge >= 0.3 is 5.97 Å². The molecule has 2 rings (SSSR count). The van der Waals surface area contributed by atoms with E-state index in [0.29, 0.717) is 23.5 Å². The minimum absolute atomic E-state index is 0.178. The maximum absolute atomic E-state index is 12.2. The quantitative estimate of drug-likeness (QED) is 0.731. The third-order valence-electron chi connectivity index (χ3n) is 3.63. The summed E-state index contributed by atoms with van der Waals surface area (Å²) in [4.78, 5) is 35.4. The standard InChI is InChI=1S/C20H22N2O5/c1-13(27-20(25)16-6-4-15(5-7-16)12-26-3)19(24)22-18-10-8-17(9-11-18)21-14(2)23/h4-11,13H,12H2,1-3H3,(H,21,23)(H,22,24)/t13-/m0/s1. The van der Waals surface area contributed by atoms with Crippen LogP contribution in [0.4, 0.5) is 11.4 Å². The summed E-state index contributed by atoms with van der Waals surface area (Å²) in [6.07, 6.45) is -0.967. The van der Waals surface area contributed by atoms with Crippen LogP contribution in [0.1, 0.15) is 29.8 Å². The van der Waals surface area contributed by atoms with Crippen molar-refractivity contribution in [1.82, 2.24) is 0 Å². The molecular formula is C20H22N2O5. The summed E-state index contributed by atoms with van der Waals surface area (Å²) in [5.74, 6) is -1.21. The van der Waals surface area contributed by atoms with Crippen molar-refractivity contribution >= 4 is 29.2 Å². The number of amides is 2. The Labute approximate surface area is 157 Å². The number of ether oxygens (including phenoxy) is 2. The van der Waals surface area contributed by atoms with Gasteiger partial charge in [-0.1, -0.05) is 12.1 Å². The molecule has 27 heavy (non-hydrogen) atoms. The Morgan fingerprint density at radius 2 is 1.48 bits per heavy atom. The molecule has 0 radical (unpaired) electrons. The number of hydrogen-bond acceptors (Lipinski definition) is 5. The molecule has 0 unspecified atom stereocenters. The molecule has 2 N–H and O–H groups in total. The monoisotopic (exact) mass is 370 g/mol. The Bertz CT molecular complexity index is 800. The first kappa shape index (κ1) is 20.1. The molecule has 0 fully saturated rings. The van der Waals surface area contributed by atoms with Gasteiger partial charge in [0, 0.05) is 25.4 Å². The highest BCUT2D eigenvalue weighted by Gasteiger charge is 2.19. The molecule has 0 saturated carbocycles. The number of anilines is 2. The first-order valence-corrected chi connectivity index (χ1v) is 8.36. The molecular weight excluding hydrogens is 348 g/mol. The van der Waals surface area contributed by atoms with Crippen LogP contribution in [0, 0.1) is 0 Å². The zero-order chi connectivity index (χ0) is 19.8. The number of esters is 1. The smallest absolute Gasteiger partial charge is 0.338 e. The number of benzene rings is 2. The summed E-state index contributed by atoms with van der Waals surface area (Å²) in [5.41, 5.74) is 2.44. The molecule has 0 saturated heterocycles. The third kappa shape index (κ3) is 6.23. The molecule has 0 aromatic heterocycles. The van der Waals surface area contributed by atoms with Crippen molar-refractivity contribution in [3.05, 3.63) is 59.7 Å². The van der Waals surface area contributed by atoms with Gasteiger partial charge in [0.1, 0.15) is 0 Å². The first-order valence-electron chi connectivity index (χ1n) is 8.36. The van der Waals surface area contributed by atoms with Crippen LogP contribution >= 0.6 is 0 Å². The van der Waals surface area contributed by atoms with Crippen molar-refractivity contribution in [3.8, 4) is 0 Å². The van der Waals surface area contributed by atoms with Crippen LogP contribution in [0.2, 0.25) is 0 Å². The highest BCUT2D eigenvalue weighted by atomic mass is 16.5. The van der Waals surface area contributed by atoms with E-state index >= 15 is 0 Å². The molecule has 2 aromatic rings. The number of carbonyl (C=O) groups excluding carboxylic acids is 3. The highest BCUT2D eigenvalue weighted by molar-refractivity contribution is 5.97. The van der Waals surface area contributed by atoms with Crippen molar-refractivity contribution in [2.45, 2.75) is 26.6 Å². The number of carbonyl (C=O) groups is 3. The lowest BCUT2D eigenvalue weighted by Crippen LogP contribution is -2.30. The van der Waals surface area contributed by atoms with Gasteiger partial charge in [-0.05, 0) is 48.9 Å². The fourth-order valence-electron chi connectivity index (χ4n) is 2.27. The van der Waals surface area contributed by atoms with Crippen molar-refractivity contribution < 1.29 is 23.9 Å². The Balaban J connectivity index is 1.90. The van der Waals surface area contributed by atoms with Crippen LogP contribution in [0.15, 0.2) is 48.5 Å². The fraction of sp³-hybridized carbons (Fsp3) is 0.250. The van der Waals surface area contributed by atoms with Crippen LogP contribution in [0.5, 0.6) is 0 Å². The van der Waals surface area contributed by atoms with Crippen LogP contribution in [-0.4, -0.2) is 31.0 Å². The van der Waals surface area contributed by atoms with Gasteiger partial charge in [0.15, 0.2) is 6.10 Å². The van der Waals surface area contributed by atoms with Gasteiger partial charge < -0.3 is 20.1 Å². The van der Waals surface area contributed by atoms with Gasteiger partial charge in [0.2, 0.25) is 5.91 Å². The molecule has 142 valence electrons. The molecule has 2 amide bonds. The summed E-state index contributed by atoms with van der Waals surface area (Å²) in [6.45, 7) is 3.36. The number of nitrogens with one attached hydrogen (secondary N) is 2. The van der Waals surface area contributed by atoms with Gasteiger partial charge in [-0.3, -0.25) is 9.59 Å². The SMILES string of the molecule is COCc1ccc(C(=O)O[C@@H](C)C(=O)Nc2ccc(NC(C)=O)cc2)cc1. The van der Waals surface area contributed by atoms with Crippen molar-refractivity contribution in [3.63, 3.8) is 0 Å². The van der Waals surface area contributed by atoms with Crippen LogP contribution in [0.3, 0.4) is 0 Å². The van der Waals surface area contributed by atoms with E-state index in [0.717, 1.165) is 5.56 Å². The molecule has 0 aliphatic heterocycles. The number of rotatable bonds is 7. The van der Waals surface area contributed by atoms with Gasteiger partial charge in [0.25, 0.3) is 5.91 Å². The molecule has 7 nitrogen and oxygen atoms in total. The van der Waals surface area contributed by atoms with E-state index in [2.05, 4.69) is 10.6 Å². The van der Waals surface area contributed by atoms with Crippen molar-refractivity contribution in [2.75, 3.05) is 17.7 Å². The van der Waals surface area contributed by atoms with E-state index in [1.807, 2.05) is 0 Å². The maximum Gasteiger partial charge on any atom is 0.338 e. The van der Waals surface area contributed by atoms with Crippen LogP contribution in [-0.2, 0) is 25.7 Å². The topological polar surface area (TPSA) is 93.7 Å². The zero-order valence-corrected chi connectivity index (χ0v) is 15.4. The van der Waals surface area contributed by atoms with Crippen LogP contribution in [0.25, 0.3) is 0 Å². The lowest BCUT2D eigenvalue weighted by molar-refractivity contribution is -0.123. The summed E-state index contributed by atoms with van der Waals surface area (Å²) in [7, 11) is 1.59.